The molecule has 0 amide bonds. The van der Waals surface area contributed by atoms with Gasteiger partial charge in [-0.2, -0.15) is 0 Å². The van der Waals surface area contributed by atoms with Crippen molar-refractivity contribution in [2.75, 3.05) is 33.2 Å². The van der Waals surface area contributed by atoms with Crippen molar-refractivity contribution in [2.45, 2.75) is 39.0 Å². The summed E-state index contributed by atoms with van der Waals surface area (Å²) in [6.45, 7) is 6.89. The van der Waals surface area contributed by atoms with Crippen LogP contribution in [0.1, 0.15) is 38.2 Å². The van der Waals surface area contributed by atoms with Crippen molar-refractivity contribution >= 4 is 0 Å². The Hall–Kier alpha value is -0.930. The van der Waals surface area contributed by atoms with Gasteiger partial charge in [0.1, 0.15) is 0 Å². The number of hydrogen-bond acceptors (Lipinski definition) is 3. The number of nitrogens with one attached hydrogen (secondary N) is 1. The highest BCUT2D eigenvalue weighted by Crippen LogP contribution is 2.01. The summed E-state index contributed by atoms with van der Waals surface area (Å²) in [5.74, 6) is 0. The van der Waals surface area contributed by atoms with Crippen molar-refractivity contribution in [1.82, 2.24) is 15.2 Å². The Kier molecular flexibility index (Phi) is 9.29. The molecule has 3 nitrogen and oxygen atoms in total. The number of pyridine rings is 1. The molecule has 0 spiro atoms. The lowest BCUT2D eigenvalue weighted by molar-refractivity contribution is 0.328. The van der Waals surface area contributed by atoms with Gasteiger partial charge in [-0.25, -0.2) is 0 Å². The van der Waals surface area contributed by atoms with E-state index in [0.717, 1.165) is 19.5 Å². The maximum absolute atomic E-state index is 4.04. The second-order valence-electron chi connectivity index (χ2n) is 5.22. The van der Waals surface area contributed by atoms with Crippen molar-refractivity contribution < 1.29 is 0 Å². The topological polar surface area (TPSA) is 28.2 Å². The molecule has 0 bridgehead atoms. The van der Waals surface area contributed by atoms with Gasteiger partial charge >= 0.3 is 0 Å². The smallest absolute Gasteiger partial charge is 0.0270 e. The fraction of sp³-hybridized carbons (Fsp3) is 0.688. The molecule has 0 aliphatic carbocycles. The number of nitrogens with zero attached hydrogens (tertiary/aromatic N) is 2. The molecule has 108 valence electrons. The number of rotatable bonds is 11. The van der Waals surface area contributed by atoms with E-state index in [2.05, 4.69) is 41.3 Å². The third kappa shape index (κ3) is 8.73. The van der Waals surface area contributed by atoms with Gasteiger partial charge in [0.15, 0.2) is 0 Å². The van der Waals surface area contributed by atoms with E-state index in [4.69, 9.17) is 0 Å². The first-order valence-corrected chi connectivity index (χ1v) is 7.61. The van der Waals surface area contributed by atoms with E-state index in [1.165, 1.54) is 44.3 Å². The molecule has 0 aromatic carbocycles. The standard InChI is InChI=1S/C16H29N3/c1-3-10-17-11-5-4-6-14-19(2)15-9-16-7-12-18-13-8-16/h7-8,12-13,17H,3-6,9-11,14-15H2,1-2H3. The van der Waals surface area contributed by atoms with E-state index in [0.29, 0.717) is 0 Å². The average Bonchev–Trinajstić information content (AvgIpc) is 2.45. The highest BCUT2D eigenvalue weighted by atomic mass is 15.1. The molecule has 3 heteroatoms. The molecule has 0 unspecified atom stereocenters. The largest absolute Gasteiger partial charge is 0.317 e. The first-order chi connectivity index (χ1) is 9.33. The summed E-state index contributed by atoms with van der Waals surface area (Å²) in [4.78, 5) is 6.47. The van der Waals surface area contributed by atoms with Gasteiger partial charge in [0.2, 0.25) is 0 Å². The van der Waals surface area contributed by atoms with Crippen LogP contribution >= 0.6 is 0 Å². The maximum Gasteiger partial charge on any atom is 0.0270 e. The van der Waals surface area contributed by atoms with Crippen LogP contribution in [0, 0.1) is 0 Å². The Bertz CT molecular complexity index is 300. The molecular weight excluding hydrogens is 234 g/mol. The predicted molar refractivity (Wildman–Crippen MR) is 82.4 cm³/mol. The molecule has 19 heavy (non-hydrogen) atoms. The van der Waals surface area contributed by atoms with Crippen LogP contribution in [0.25, 0.3) is 0 Å². The van der Waals surface area contributed by atoms with Gasteiger partial charge in [-0.15, -0.1) is 0 Å². The summed E-state index contributed by atoms with van der Waals surface area (Å²) in [6, 6.07) is 4.21. The Morgan fingerprint density at radius 1 is 1.05 bits per heavy atom. The van der Waals surface area contributed by atoms with E-state index in [-0.39, 0.29) is 0 Å². The lowest BCUT2D eigenvalue weighted by Gasteiger charge is -2.16. The molecule has 0 atom stereocenters. The van der Waals surface area contributed by atoms with E-state index in [1.807, 2.05) is 12.4 Å². The van der Waals surface area contributed by atoms with Crippen LogP contribution in [0.2, 0.25) is 0 Å². The SMILES string of the molecule is CCCNCCCCCN(C)CCc1ccncc1. The van der Waals surface area contributed by atoms with E-state index >= 15 is 0 Å². The Balaban J connectivity index is 1.95. The van der Waals surface area contributed by atoms with Crippen LogP contribution in [-0.2, 0) is 6.42 Å². The van der Waals surface area contributed by atoms with Crippen molar-refractivity contribution in [3.63, 3.8) is 0 Å². The average molecular weight is 263 g/mol. The minimum Gasteiger partial charge on any atom is -0.317 e. The third-order valence-electron chi connectivity index (χ3n) is 3.35. The zero-order chi connectivity index (χ0) is 13.8. The van der Waals surface area contributed by atoms with Gasteiger partial charge in [-0.3, -0.25) is 4.98 Å². The highest BCUT2D eigenvalue weighted by molar-refractivity contribution is 5.09. The van der Waals surface area contributed by atoms with Crippen LogP contribution in [0.15, 0.2) is 24.5 Å². The Morgan fingerprint density at radius 3 is 2.58 bits per heavy atom. The summed E-state index contributed by atoms with van der Waals surface area (Å²) in [6.07, 6.45) is 10.0. The van der Waals surface area contributed by atoms with Crippen molar-refractivity contribution in [3.8, 4) is 0 Å². The first-order valence-electron chi connectivity index (χ1n) is 7.61. The van der Waals surface area contributed by atoms with Crippen molar-refractivity contribution in [3.05, 3.63) is 30.1 Å². The summed E-state index contributed by atoms with van der Waals surface area (Å²) < 4.78 is 0. The summed E-state index contributed by atoms with van der Waals surface area (Å²) in [7, 11) is 2.22. The molecule has 1 rings (SSSR count). The second-order valence-corrected chi connectivity index (χ2v) is 5.22. The molecule has 0 aliphatic heterocycles. The lowest BCUT2D eigenvalue weighted by atomic mass is 10.2. The number of unbranched alkanes of at least 4 members (excludes halogenated alkanes) is 2. The van der Waals surface area contributed by atoms with E-state index < -0.39 is 0 Å². The van der Waals surface area contributed by atoms with Crippen molar-refractivity contribution in [2.24, 2.45) is 0 Å². The molecule has 1 aromatic rings. The zero-order valence-electron chi connectivity index (χ0n) is 12.6. The molecular formula is C16H29N3. The van der Waals surface area contributed by atoms with Crippen LogP contribution in [0.5, 0.6) is 0 Å². The summed E-state index contributed by atoms with van der Waals surface area (Å²) in [5.41, 5.74) is 1.38. The number of hydrogen-bond donors (Lipinski definition) is 1. The normalized spacial score (nSPS) is 11.1. The van der Waals surface area contributed by atoms with Gasteiger partial charge in [0, 0.05) is 18.9 Å². The lowest BCUT2D eigenvalue weighted by Crippen LogP contribution is -2.23. The van der Waals surface area contributed by atoms with E-state index in [9.17, 15) is 0 Å². The van der Waals surface area contributed by atoms with Crippen molar-refractivity contribution in [1.29, 1.82) is 0 Å². The molecule has 1 aromatic heterocycles. The first kappa shape index (κ1) is 16.1. The van der Waals surface area contributed by atoms with Crippen LogP contribution in [0.3, 0.4) is 0 Å². The molecule has 1 heterocycles. The highest BCUT2D eigenvalue weighted by Gasteiger charge is 1.99. The Morgan fingerprint density at radius 2 is 1.84 bits per heavy atom. The zero-order valence-corrected chi connectivity index (χ0v) is 12.6. The quantitative estimate of drug-likeness (QED) is 0.622. The van der Waals surface area contributed by atoms with Gasteiger partial charge in [0.05, 0.1) is 0 Å². The fourth-order valence-electron chi connectivity index (χ4n) is 2.09. The summed E-state index contributed by atoms with van der Waals surface area (Å²) in [5, 5.41) is 3.45. The molecule has 0 aliphatic rings. The molecule has 1 N–H and O–H groups in total. The van der Waals surface area contributed by atoms with Crippen LogP contribution in [-0.4, -0.2) is 43.1 Å². The maximum atomic E-state index is 4.04. The van der Waals surface area contributed by atoms with Gasteiger partial charge in [0.25, 0.3) is 0 Å². The fourth-order valence-corrected chi connectivity index (χ4v) is 2.09. The molecule has 0 saturated heterocycles. The van der Waals surface area contributed by atoms with Gasteiger partial charge in [-0.05, 0) is 70.1 Å². The minimum absolute atomic E-state index is 1.12. The van der Waals surface area contributed by atoms with E-state index in [1.54, 1.807) is 0 Å². The molecule has 0 saturated carbocycles. The third-order valence-corrected chi connectivity index (χ3v) is 3.35. The Labute approximate surface area is 118 Å². The van der Waals surface area contributed by atoms with Crippen LogP contribution < -0.4 is 5.32 Å². The predicted octanol–water partition coefficient (Wildman–Crippen LogP) is 2.73. The molecule has 0 radical (unpaired) electrons. The number of likely N-dealkylation sites (N-methyl/N-ethyl adjacent to an activating group) is 1. The number of aromatic nitrogens is 1. The minimum atomic E-state index is 1.12. The summed E-state index contributed by atoms with van der Waals surface area (Å²) >= 11 is 0. The molecule has 0 fully saturated rings. The van der Waals surface area contributed by atoms with Gasteiger partial charge in [-0.1, -0.05) is 13.3 Å². The second kappa shape index (κ2) is 10.9. The van der Waals surface area contributed by atoms with Crippen LogP contribution in [0.4, 0.5) is 0 Å². The van der Waals surface area contributed by atoms with Gasteiger partial charge < -0.3 is 10.2 Å². The monoisotopic (exact) mass is 263 g/mol.